The van der Waals surface area contributed by atoms with Crippen LogP contribution in [0.5, 0.6) is 0 Å². The van der Waals surface area contributed by atoms with Gasteiger partial charge in [-0.3, -0.25) is 4.79 Å². The molecule has 118 valence electrons. The van der Waals surface area contributed by atoms with Crippen molar-refractivity contribution >= 4 is 15.9 Å². The average Bonchev–Trinajstić information content (AvgIpc) is 2.36. The molecule has 0 aliphatic heterocycles. The number of carbonyl (C=O) groups excluding carboxylic acids is 1. The molecular weight excluding hydrogens is 302 g/mol. The number of primary sulfonamides is 1. The highest BCUT2D eigenvalue weighted by molar-refractivity contribution is 7.89. The quantitative estimate of drug-likeness (QED) is 0.899. The number of benzene rings is 1. The van der Waals surface area contributed by atoms with Crippen LogP contribution in [0, 0.1) is 11.6 Å². The van der Waals surface area contributed by atoms with E-state index in [9.17, 15) is 22.0 Å². The van der Waals surface area contributed by atoms with Crippen molar-refractivity contribution in [2.75, 3.05) is 6.54 Å². The Kier molecular flexibility index (Phi) is 5.41. The minimum atomic E-state index is -4.23. The first-order chi connectivity index (χ1) is 9.59. The van der Waals surface area contributed by atoms with E-state index in [1.165, 1.54) is 4.90 Å². The Morgan fingerprint density at radius 1 is 1.33 bits per heavy atom. The van der Waals surface area contributed by atoms with Crippen molar-refractivity contribution in [1.29, 1.82) is 0 Å². The smallest absolute Gasteiger partial charge is 0.257 e. The Balaban J connectivity index is 3.41. The van der Waals surface area contributed by atoms with Gasteiger partial charge in [0.15, 0.2) is 11.6 Å². The van der Waals surface area contributed by atoms with E-state index in [1.807, 2.05) is 6.92 Å². The SMILES string of the molecule is CCCN(C(=O)c1cc(S(N)(=O)=O)cc(F)c1F)C(C)C. The zero-order valence-corrected chi connectivity index (χ0v) is 12.9. The fraction of sp³-hybridized carbons (Fsp3) is 0.462. The van der Waals surface area contributed by atoms with Gasteiger partial charge in [0.05, 0.1) is 10.5 Å². The largest absolute Gasteiger partial charge is 0.336 e. The number of halogens is 2. The number of nitrogens with two attached hydrogens (primary N) is 1. The first-order valence-electron chi connectivity index (χ1n) is 6.42. The zero-order valence-electron chi connectivity index (χ0n) is 12.1. The minimum Gasteiger partial charge on any atom is -0.336 e. The predicted molar refractivity (Wildman–Crippen MR) is 74.2 cm³/mol. The summed E-state index contributed by atoms with van der Waals surface area (Å²) in [5.74, 6) is -3.58. The second-order valence-electron chi connectivity index (χ2n) is 4.90. The minimum absolute atomic E-state index is 0.238. The number of carbonyl (C=O) groups is 1. The van der Waals surface area contributed by atoms with Crippen LogP contribution in [0.2, 0.25) is 0 Å². The highest BCUT2D eigenvalue weighted by Crippen LogP contribution is 2.20. The van der Waals surface area contributed by atoms with Crippen molar-refractivity contribution in [3.63, 3.8) is 0 Å². The molecule has 1 aromatic rings. The molecule has 0 aliphatic carbocycles. The monoisotopic (exact) mass is 320 g/mol. The fourth-order valence-corrected chi connectivity index (χ4v) is 2.42. The highest BCUT2D eigenvalue weighted by Gasteiger charge is 2.25. The molecule has 0 spiro atoms. The molecule has 1 rings (SSSR count). The van der Waals surface area contributed by atoms with Gasteiger partial charge < -0.3 is 4.90 Å². The van der Waals surface area contributed by atoms with Gasteiger partial charge >= 0.3 is 0 Å². The molecule has 8 heteroatoms. The molecule has 0 saturated carbocycles. The number of hydrogen-bond donors (Lipinski definition) is 1. The Morgan fingerprint density at radius 2 is 1.90 bits per heavy atom. The predicted octanol–water partition coefficient (Wildman–Crippen LogP) is 1.87. The van der Waals surface area contributed by atoms with Crippen LogP contribution in [0.3, 0.4) is 0 Å². The first kappa shape index (κ1) is 17.5. The van der Waals surface area contributed by atoms with Crippen LogP contribution >= 0.6 is 0 Å². The second kappa shape index (κ2) is 6.48. The summed E-state index contributed by atoms with van der Waals surface area (Å²) in [6.45, 7) is 5.63. The number of rotatable bonds is 5. The summed E-state index contributed by atoms with van der Waals surface area (Å²) in [6.07, 6.45) is 0.628. The van der Waals surface area contributed by atoms with Gasteiger partial charge in [0.1, 0.15) is 0 Å². The van der Waals surface area contributed by atoms with Crippen LogP contribution < -0.4 is 5.14 Å². The topological polar surface area (TPSA) is 80.5 Å². The van der Waals surface area contributed by atoms with Crippen LogP contribution in [0.1, 0.15) is 37.6 Å². The van der Waals surface area contributed by atoms with Crippen LogP contribution in [-0.4, -0.2) is 31.8 Å². The van der Waals surface area contributed by atoms with E-state index in [2.05, 4.69) is 0 Å². The second-order valence-corrected chi connectivity index (χ2v) is 6.47. The summed E-state index contributed by atoms with van der Waals surface area (Å²) in [4.78, 5) is 13.0. The molecule has 0 atom stereocenters. The maximum absolute atomic E-state index is 13.8. The highest BCUT2D eigenvalue weighted by atomic mass is 32.2. The zero-order chi connectivity index (χ0) is 16.4. The van der Waals surface area contributed by atoms with Crippen molar-refractivity contribution in [3.05, 3.63) is 29.3 Å². The molecule has 0 aliphatic rings. The maximum atomic E-state index is 13.8. The van der Waals surface area contributed by atoms with E-state index >= 15 is 0 Å². The standard InChI is InChI=1S/C13H18F2N2O3S/c1-4-5-17(8(2)3)13(18)10-6-9(21(16,19)20)7-11(14)12(10)15/h6-8H,4-5H2,1-3H3,(H2,16,19,20). The molecule has 2 N–H and O–H groups in total. The summed E-state index contributed by atoms with van der Waals surface area (Å²) in [7, 11) is -4.23. The van der Waals surface area contributed by atoms with Gasteiger partial charge in [-0.1, -0.05) is 6.92 Å². The van der Waals surface area contributed by atoms with Crippen LogP contribution in [0.15, 0.2) is 17.0 Å². The van der Waals surface area contributed by atoms with E-state index < -0.39 is 38.0 Å². The van der Waals surface area contributed by atoms with Crippen molar-refractivity contribution in [1.82, 2.24) is 4.90 Å². The fourth-order valence-electron chi connectivity index (χ4n) is 1.87. The van der Waals surface area contributed by atoms with E-state index in [4.69, 9.17) is 5.14 Å². The Morgan fingerprint density at radius 3 is 2.33 bits per heavy atom. The third kappa shape index (κ3) is 3.98. The molecule has 0 fully saturated rings. The molecule has 21 heavy (non-hydrogen) atoms. The van der Waals surface area contributed by atoms with Crippen molar-refractivity contribution in [2.45, 2.75) is 38.1 Å². The third-order valence-corrected chi connectivity index (χ3v) is 3.80. The lowest BCUT2D eigenvalue weighted by atomic mass is 10.1. The molecule has 0 heterocycles. The molecule has 0 saturated heterocycles. The van der Waals surface area contributed by atoms with Gasteiger partial charge in [0.25, 0.3) is 5.91 Å². The van der Waals surface area contributed by atoms with Crippen molar-refractivity contribution in [2.24, 2.45) is 5.14 Å². The summed E-state index contributed by atoms with van der Waals surface area (Å²) < 4.78 is 49.9. The number of hydrogen-bond acceptors (Lipinski definition) is 3. The molecule has 0 unspecified atom stereocenters. The van der Waals surface area contributed by atoms with E-state index in [0.717, 1.165) is 6.07 Å². The van der Waals surface area contributed by atoms with Gasteiger partial charge in [0.2, 0.25) is 10.0 Å². The molecule has 1 amide bonds. The lowest BCUT2D eigenvalue weighted by Gasteiger charge is -2.26. The Bertz CT molecular complexity index is 645. The number of sulfonamides is 1. The van der Waals surface area contributed by atoms with Gasteiger partial charge in [-0.05, 0) is 32.4 Å². The molecular formula is C13H18F2N2O3S. The van der Waals surface area contributed by atoms with Crippen molar-refractivity contribution < 1.29 is 22.0 Å². The van der Waals surface area contributed by atoms with Gasteiger partial charge in [-0.2, -0.15) is 0 Å². The van der Waals surface area contributed by atoms with Crippen LogP contribution in [0.4, 0.5) is 8.78 Å². The van der Waals surface area contributed by atoms with E-state index in [0.29, 0.717) is 19.0 Å². The van der Waals surface area contributed by atoms with Gasteiger partial charge in [-0.25, -0.2) is 22.3 Å². The third-order valence-electron chi connectivity index (χ3n) is 2.91. The van der Waals surface area contributed by atoms with Crippen LogP contribution in [0.25, 0.3) is 0 Å². The molecule has 5 nitrogen and oxygen atoms in total. The van der Waals surface area contributed by atoms with Gasteiger partial charge in [0, 0.05) is 12.6 Å². The summed E-state index contributed by atoms with van der Waals surface area (Å²) in [5.41, 5.74) is -0.638. The van der Waals surface area contributed by atoms with Crippen LogP contribution in [-0.2, 0) is 10.0 Å². The molecule has 1 aromatic carbocycles. The molecule has 0 aromatic heterocycles. The molecule has 0 bridgehead atoms. The van der Waals surface area contributed by atoms with Crippen molar-refractivity contribution in [3.8, 4) is 0 Å². The first-order valence-corrected chi connectivity index (χ1v) is 7.97. The Hall–Kier alpha value is -1.54. The lowest BCUT2D eigenvalue weighted by Crippen LogP contribution is -2.38. The normalized spacial score (nSPS) is 11.8. The number of amides is 1. The van der Waals surface area contributed by atoms with Gasteiger partial charge in [-0.15, -0.1) is 0 Å². The Labute approximate surface area is 122 Å². The van der Waals surface area contributed by atoms with E-state index in [1.54, 1.807) is 13.8 Å². The maximum Gasteiger partial charge on any atom is 0.257 e. The summed E-state index contributed by atoms with van der Waals surface area (Å²) in [6, 6.07) is 0.986. The lowest BCUT2D eigenvalue weighted by molar-refractivity contribution is 0.0699. The summed E-state index contributed by atoms with van der Waals surface area (Å²) in [5, 5.41) is 4.90. The van der Waals surface area contributed by atoms with E-state index in [-0.39, 0.29) is 6.04 Å². The number of nitrogens with zero attached hydrogens (tertiary/aromatic N) is 1. The molecule has 0 radical (unpaired) electrons. The summed E-state index contributed by atoms with van der Waals surface area (Å²) >= 11 is 0. The average molecular weight is 320 g/mol.